The molecule has 1 aliphatic rings. The van der Waals surface area contributed by atoms with E-state index in [-0.39, 0.29) is 24.0 Å². The summed E-state index contributed by atoms with van der Waals surface area (Å²) >= 11 is 0. The molecule has 0 radical (unpaired) electrons. The van der Waals surface area contributed by atoms with Gasteiger partial charge in [-0.2, -0.15) is 0 Å². The lowest BCUT2D eigenvalue weighted by Crippen LogP contribution is -2.36. The zero-order chi connectivity index (χ0) is 11.3. The number of hydrogen-bond donors (Lipinski definition) is 2. The highest BCUT2D eigenvalue weighted by atomic mass is 32.2. The van der Waals surface area contributed by atoms with Crippen molar-refractivity contribution < 1.29 is 14.1 Å². The lowest BCUT2D eigenvalue weighted by atomic mass is 10.2. The Morgan fingerprint density at radius 1 is 1.67 bits per heavy atom. The van der Waals surface area contributed by atoms with E-state index in [9.17, 15) is 4.21 Å². The molecule has 15 heavy (non-hydrogen) atoms. The second kappa shape index (κ2) is 6.58. The molecule has 2 N–H and O–H groups in total. The molecule has 1 rings (SSSR count). The lowest BCUT2D eigenvalue weighted by molar-refractivity contribution is 0.127. The highest BCUT2D eigenvalue weighted by Gasteiger charge is 2.30. The first-order chi connectivity index (χ1) is 7.19. The number of aliphatic hydroxyl groups is 1. The highest BCUT2D eigenvalue weighted by molar-refractivity contribution is 7.85. The molecule has 4 nitrogen and oxygen atoms in total. The van der Waals surface area contributed by atoms with Crippen molar-refractivity contribution in [2.75, 3.05) is 26.0 Å². The van der Waals surface area contributed by atoms with Crippen molar-refractivity contribution in [2.24, 2.45) is 0 Å². The van der Waals surface area contributed by atoms with E-state index in [0.29, 0.717) is 12.2 Å². The van der Waals surface area contributed by atoms with Crippen LogP contribution in [0.25, 0.3) is 0 Å². The summed E-state index contributed by atoms with van der Waals surface area (Å²) < 4.78 is 17.4. The van der Waals surface area contributed by atoms with Crippen molar-refractivity contribution in [1.82, 2.24) is 5.32 Å². The summed E-state index contributed by atoms with van der Waals surface area (Å²) in [6, 6.07) is 0.142. The van der Waals surface area contributed by atoms with Gasteiger partial charge in [-0.15, -0.1) is 0 Å². The van der Waals surface area contributed by atoms with Crippen LogP contribution in [0.1, 0.15) is 19.8 Å². The smallest absolute Gasteiger partial charge is 0.0691 e. The van der Waals surface area contributed by atoms with Gasteiger partial charge in [-0.1, -0.05) is 0 Å². The van der Waals surface area contributed by atoms with Gasteiger partial charge in [-0.05, 0) is 26.8 Å². The molecular formula is C10H21NO3S. The highest BCUT2D eigenvalue weighted by Crippen LogP contribution is 2.19. The van der Waals surface area contributed by atoms with Gasteiger partial charge >= 0.3 is 0 Å². The van der Waals surface area contributed by atoms with Gasteiger partial charge in [0.15, 0.2) is 0 Å². The average Bonchev–Trinajstić information content (AvgIpc) is 2.63. The van der Waals surface area contributed by atoms with E-state index in [1.54, 1.807) is 0 Å². The summed E-state index contributed by atoms with van der Waals surface area (Å²) in [5.41, 5.74) is 0. The largest absolute Gasteiger partial charge is 0.396 e. The molecule has 1 heterocycles. The van der Waals surface area contributed by atoms with Gasteiger partial charge in [0.05, 0.1) is 11.4 Å². The van der Waals surface area contributed by atoms with Gasteiger partial charge in [0.2, 0.25) is 0 Å². The molecule has 0 aromatic rings. The Morgan fingerprint density at radius 3 is 2.87 bits per heavy atom. The first kappa shape index (κ1) is 13.1. The maximum atomic E-state index is 12.0. The van der Waals surface area contributed by atoms with Crippen molar-refractivity contribution in [3.8, 4) is 0 Å². The molecule has 4 unspecified atom stereocenters. The topological polar surface area (TPSA) is 58.6 Å². The maximum absolute atomic E-state index is 12.0. The molecule has 0 aromatic heterocycles. The molecule has 90 valence electrons. The van der Waals surface area contributed by atoms with Crippen molar-refractivity contribution in [2.45, 2.75) is 37.2 Å². The summed E-state index contributed by atoms with van der Waals surface area (Å²) in [5.74, 6) is 0.607. The number of nitrogens with one attached hydrogen (secondary N) is 1. The number of rotatable bonds is 6. The minimum Gasteiger partial charge on any atom is -0.396 e. The van der Waals surface area contributed by atoms with Crippen molar-refractivity contribution in [3.05, 3.63) is 0 Å². The fourth-order valence-corrected chi connectivity index (χ4v) is 3.69. The fourth-order valence-electron chi connectivity index (χ4n) is 1.85. The van der Waals surface area contributed by atoms with E-state index < -0.39 is 10.8 Å². The van der Waals surface area contributed by atoms with Crippen LogP contribution < -0.4 is 5.32 Å². The zero-order valence-electron chi connectivity index (χ0n) is 9.44. The zero-order valence-corrected chi connectivity index (χ0v) is 10.3. The maximum Gasteiger partial charge on any atom is 0.0691 e. The molecule has 0 aliphatic carbocycles. The average molecular weight is 235 g/mol. The van der Waals surface area contributed by atoms with Crippen molar-refractivity contribution in [3.63, 3.8) is 0 Å². The van der Waals surface area contributed by atoms with E-state index in [0.717, 1.165) is 13.0 Å². The Morgan fingerprint density at radius 2 is 2.40 bits per heavy atom. The van der Waals surface area contributed by atoms with Gasteiger partial charge < -0.3 is 15.2 Å². The van der Waals surface area contributed by atoms with Crippen LogP contribution in [-0.4, -0.2) is 52.7 Å². The molecular weight excluding hydrogens is 214 g/mol. The summed E-state index contributed by atoms with van der Waals surface area (Å²) in [4.78, 5) is 0. The Kier molecular flexibility index (Phi) is 5.74. The van der Waals surface area contributed by atoms with Crippen molar-refractivity contribution in [1.29, 1.82) is 0 Å². The first-order valence-electron chi connectivity index (χ1n) is 5.46. The summed E-state index contributed by atoms with van der Waals surface area (Å²) in [6.07, 6.45) is 1.66. The van der Waals surface area contributed by atoms with Crippen LogP contribution in [0.3, 0.4) is 0 Å². The summed E-state index contributed by atoms with van der Waals surface area (Å²) in [5, 5.41) is 12.1. The van der Waals surface area contributed by atoms with Gasteiger partial charge in [0.25, 0.3) is 0 Å². The Hall–Kier alpha value is 0.0300. The summed E-state index contributed by atoms with van der Waals surface area (Å²) in [6.45, 7) is 2.84. The van der Waals surface area contributed by atoms with E-state index in [1.165, 1.54) is 0 Å². The van der Waals surface area contributed by atoms with Gasteiger partial charge in [-0.25, -0.2) is 0 Å². The second-order valence-electron chi connectivity index (χ2n) is 3.95. The van der Waals surface area contributed by atoms with E-state index in [1.807, 2.05) is 14.0 Å². The quantitative estimate of drug-likeness (QED) is 0.674. The predicted molar refractivity (Wildman–Crippen MR) is 61.4 cm³/mol. The van der Waals surface area contributed by atoms with Gasteiger partial charge in [-0.3, -0.25) is 4.21 Å². The third-order valence-electron chi connectivity index (χ3n) is 2.90. The Balaban J connectivity index is 2.39. The number of ether oxygens (including phenoxy) is 1. The third kappa shape index (κ3) is 3.83. The molecule has 0 aromatic carbocycles. The molecule has 1 saturated heterocycles. The molecule has 5 heteroatoms. The second-order valence-corrected chi connectivity index (χ2v) is 5.65. The predicted octanol–water partition coefficient (Wildman–Crippen LogP) is -0.117. The van der Waals surface area contributed by atoms with Crippen LogP contribution in [0.5, 0.6) is 0 Å². The van der Waals surface area contributed by atoms with Gasteiger partial charge in [0, 0.05) is 35.8 Å². The van der Waals surface area contributed by atoms with Gasteiger partial charge in [0.1, 0.15) is 0 Å². The molecule has 0 spiro atoms. The molecule has 0 bridgehead atoms. The summed E-state index contributed by atoms with van der Waals surface area (Å²) in [7, 11) is 0.984. The number of aliphatic hydroxyl groups excluding tert-OH is 1. The van der Waals surface area contributed by atoms with Crippen LogP contribution in [0, 0.1) is 0 Å². The lowest BCUT2D eigenvalue weighted by Gasteiger charge is -2.19. The minimum absolute atomic E-state index is 0.109. The Labute approximate surface area is 93.8 Å². The third-order valence-corrected chi connectivity index (χ3v) is 4.92. The Bertz CT molecular complexity index is 213. The number of hydrogen-bond acceptors (Lipinski definition) is 4. The molecule has 4 atom stereocenters. The van der Waals surface area contributed by atoms with E-state index >= 15 is 0 Å². The van der Waals surface area contributed by atoms with Crippen LogP contribution in [0.2, 0.25) is 0 Å². The molecule has 1 fully saturated rings. The van der Waals surface area contributed by atoms with E-state index in [2.05, 4.69) is 5.32 Å². The van der Waals surface area contributed by atoms with Crippen LogP contribution >= 0.6 is 0 Å². The minimum atomic E-state index is -0.855. The van der Waals surface area contributed by atoms with Crippen LogP contribution in [0.4, 0.5) is 0 Å². The standard InChI is InChI=1S/C10H21NO3S/c1-8-10(4-6-14-8)15(13)7-9(11-2)3-5-12/h8-12H,3-7H2,1-2H3. The van der Waals surface area contributed by atoms with Crippen LogP contribution in [-0.2, 0) is 15.5 Å². The molecule has 0 amide bonds. The van der Waals surface area contributed by atoms with E-state index in [4.69, 9.17) is 9.84 Å². The monoisotopic (exact) mass is 235 g/mol. The fraction of sp³-hybridized carbons (Fsp3) is 1.00. The van der Waals surface area contributed by atoms with Crippen molar-refractivity contribution >= 4 is 10.8 Å². The normalized spacial score (nSPS) is 30.3. The van der Waals surface area contributed by atoms with Crippen LogP contribution in [0.15, 0.2) is 0 Å². The molecule has 0 saturated carbocycles. The molecule has 1 aliphatic heterocycles. The first-order valence-corrected chi connectivity index (χ1v) is 6.84. The SMILES string of the molecule is CNC(CCO)CS(=O)C1CCOC1C.